The van der Waals surface area contributed by atoms with Gasteiger partial charge in [0.15, 0.2) is 0 Å². The Hall–Kier alpha value is -5.14. The van der Waals surface area contributed by atoms with E-state index < -0.39 is 0 Å². The lowest BCUT2D eigenvalue weighted by atomic mass is 9.75. The van der Waals surface area contributed by atoms with Gasteiger partial charge in [-0.25, -0.2) is 0 Å². The van der Waals surface area contributed by atoms with Crippen LogP contribution in [0.2, 0.25) is 0 Å². The predicted molar refractivity (Wildman–Crippen MR) is 185 cm³/mol. The Morgan fingerprint density at radius 2 is 1.30 bits per heavy atom. The van der Waals surface area contributed by atoms with Crippen LogP contribution < -0.4 is 0 Å². The molecular formula is C43H31N. The molecule has 3 aliphatic carbocycles. The number of hydrogen-bond acceptors (Lipinski definition) is 0. The number of rotatable bonds is 2. The van der Waals surface area contributed by atoms with Gasteiger partial charge in [0.05, 0.1) is 5.52 Å². The van der Waals surface area contributed by atoms with Gasteiger partial charge in [0.25, 0.3) is 0 Å². The molecule has 10 rings (SSSR count). The molecule has 0 atom stereocenters. The Bertz CT molecular complexity index is 2410. The highest BCUT2D eigenvalue weighted by Gasteiger charge is 2.42. The molecule has 6 aromatic carbocycles. The third-order valence-corrected chi connectivity index (χ3v) is 10.6. The van der Waals surface area contributed by atoms with Gasteiger partial charge >= 0.3 is 0 Å². The molecule has 0 N–H and O–H groups in total. The zero-order valence-electron chi connectivity index (χ0n) is 25.0. The second-order valence-electron chi connectivity index (χ2n) is 13.2. The number of benzene rings is 6. The van der Waals surface area contributed by atoms with Crippen LogP contribution in [0.1, 0.15) is 42.7 Å². The van der Waals surface area contributed by atoms with E-state index in [4.69, 9.17) is 0 Å². The predicted octanol–water partition coefficient (Wildman–Crippen LogP) is 11.2. The Kier molecular flexibility index (Phi) is 4.69. The van der Waals surface area contributed by atoms with E-state index >= 15 is 0 Å². The molecule has 7 aromatic rings. The summed E-state index contributed by atoms with van der Waals surface area (Å²) in [6.07, 6.45) is 2.12. The Labute approximate surface area is 257 Å². The fraction of sp³-hybridized carbons (Fsp3) is 0.116. The zero-order valence-corrected chi connectivity index (χ0v) is 25.0. The van der Waals surface area contributed by atoms with Crippen LogP contribution in [0.3, 0.4) is 0 Å². The van der Waals surface area contributed by atoms with Crippen LogP contribution >= 0.6 is 0 Å². The lowest BCUT2D eigenvalue weighted by Gasteiger charge is -2.28. The summed E-state index contributed by atoms with van der Waals surface area (Å²) in [5.41, 5.74) is 19.3. The van der Waals surface area contributed by atoms with Crippen LogP contribution in [0.15, 0.2) is 127 Å². The summed E-state index contributed by atoms with van der Waals surface area (Å²) in [4.78, 5) is 0. The fourth-order valence-corrected chi connectivity index (χ4v) is 8.80. The van der Waals surface area contributed by atoms with Crippen LogP contribution in [-0.2, 0) is 11.8 Å². The molecule has 0 saturated carbocycles. The first-order valence-electron chi connectivity index (χ1n) is 15.8. The molecule has 0 amide bonds. The van der Waals surface area contributed by atoms with Crippen molar-refractivity contribution in [2.24, 2.45) is 0 Å². The normalized spacial score (nSPS) is 15.4. The van der Waals surface area contributed by atoms with Crippen LogP contribution in [0.5, 0.6) is 0 Å². The minimum atomic E-state index is -0.0250. The topological polar surface area (TPSA) is 4.93 Å². The molecule has 1 heterocycles. The highest BCUT2D eigenvalue weighted by atomic mass is 15.0. The Morgan fingerprint density at radius 1 is 0.568 bits per heavy atom. The number of hydrogen-bond donors (Lipinski definition) is 0. The van der Waals surface area contributed by atoms with Gasteiger partial charge in [0, 0.05) is 27.7 Å². The Morgan fingerprint density at radius 3 is 2.18 bits per heavy atom. The number of fused-ring (bicyclic) bond motifs is 9. The summed E-state index contributed by atoms with van der Waals surface area (Å²) in [6, 6.07) is 47.7. The summed E-state index contributed by atoms with van der Waals surface area (Å²) >= 11 is 0. The third-order valence-electron chi connectivity index (χ3n) is 10.6. The quantitative estimate of drug-likeness (QED) is 0.198. The molecule has 44 heavy (non-hydrogen) atoms. The van der Waals surface area contributed by atoms with Gasteiger partial charge in [0.1, 0.15) is 0 Å². The first kappa shape index (κ1) is 24.3. The van der Waals surface area contributed by atoms with Gasteiger partial charge < -0.3 is 4.57 Å². The summed E-state index contributed by atoms with van der Waals surface area (Å²) in [7, 11) is 0. The first-order valence-corrected chi connectivity index (χ1v) is 15.8. The number of para-hydroxylation sites is 1. The molecule has 3 aliphatic rings. The van der Waals surface area contributed by atoms with Crippen molar-refractivity contribution in [3.63, 3.8) is 0 Å². The van der Waals surface area contributed by atoms with Gasteiger partial charge in [-0.2, -0.15) is 0 Å². The minimum Gasteiger partial charge on any atom is -0.313 e. The van der Waals surface area contributed by atoms with Crippen molar-refractivity contribution in [3.8, 4) is 39.1 Å². The van der Waals surface area contributed by atoms with Crippen molar-refractivity contribution in [1.29, 1.82) is 0 Å². The molecule has 1 nitrogen and oxygen atoms in total. The molecule has 0 unspecified atom stereocenters. The van der Waals surface area contributed by atoms with Crippen molar-refractivity contribution in [1.82, 2.24) is 4.57 Å². The molecule has 1 aromatic heterocycles. The van der Waals surface area contributed by atoms with Crippen LogP contribution in [0, 0.1) is 0 Å². The van der Waals surface area contributed by atoms with Crippen molar-refractivity contribution in [2.45, 2.75) is 32.1 Å². The van der Waals surface area contributed by atoms with Gasteiger partial charge in [-0.1, -0.05) is 117 Å². The molecule has 0 fully saturated rings. The number of allylic oxidation sites excluding steroid dienone is 2. The summed E-state index contributed by atoms with van der Waals surface area (Å²) < 4.78 is 2.56. The van der Waals surface area contributed by atoms with Gasteiger partial charge in [-0.3, -0.25) is 0 Å². The van der Waals surface area contributed by atoms with E-state index in [-0.39, 0.29) is 5.41 Å². The van der Waals surface area contributed by atoms with Crippen molar-refractivity contribution in [3.05, 3.63) is 150 Å². The van der Waals surface area contributed by atoms with E-state index in [0.29, 0.717) is 0 Å². The maximum absolute atomic E-state index is 2.56. The highest BCUT2D eigenvalue weighted by molar-refractivity contribution is 6.15. The van der Waals surface area contributed by atoms with Crippen molar-refractivity contribution >= 4 is 32.8 Å². The van der Waals surface area contributed by atoms with E-state index in [1.165, 1.54) is 88.7 Å². The zero-order chi connectivity index (χ0) is 29.2. The van der Waals surface area contributed by atoms with Gasteiger partial charge in [-0.15, -0.1) is 0 Å². The van der Waals surface area contributed by atoms with Crippen molar-refractivity contribution < 1.29 is 0 Å². The van der Waals surface area contributed by atoms with E-state index in [1.807, 2.05) is 0 Å². The lowest BCUT2D eigenvalue weighted by Crippen LogP contribution is -2.18. The standard InChI is InChI=1S/C43H31N/c1-43(2)37-18-5-3-14-31(37)34-22-23-39-41(42(34)43)35-15-4-6-19-38(35)44(39)29-13-7-12-27(24-29)28-20-21-30-32-16-8-10-26-11-9-17-33(40(26)32)36(30)25-28/h3-21,24-25H,22-23H2,1-2H3. The van der Waals surface area contributed by atoms with E-state index in [2.05, 4.69) is 146 Å². The Balaban J connectivity index is 1.15. The molecule has 0 spiro atoms. The molecule has 0 radical (unpaired) electrons. The average molecular weight is 562 g/mol. The molecule has 1 heteroatoms. The number of nitrogens with zero attached hydrogens (tertiary/aromatic N) is 1. The van der Waals surface area contributed by atoms with E-state index in [9.17, 15) is 0 Å². The smallest absolute Gasteiger partial charge is 0.0537 e. The molecule has 0 bridgehead atoms. The maximum atomic E-state index is 2.56. The fourth-order valence-electron chi connectivity index (χ4n) is 8.80. The summed E-state index contributed by atoms with van der Waals surface area (Å²) in [6.45, 7) is 4.84. The first-order chi connectivity index (χ1) is 21.6. The highest BCUT2D eigenvalue weighted by Crippen LogP contribution is 2.57. The number of aromatic nitrogens is 1. The summed E-state index contributed by atoms with van der Waals surface area (Å²) in [5.74, 6) is 0. The molecular weight excluding hydrogens is 530 g/mol. The minimum absolute atomic E-state index is 0.0250. The monoisotopic (exact) mass is 561 g/mol. The molecule has 208 valence electrons. The van der Waals surface area contributed by atoms with E-state index in [1.54, 1.807) is 5.57 Å². The average Bonchev–Trinajstić information content (AvgIpc) is 3.66. The van der Waals surface area contributed by atoms with E-state index in [0.717, 1.165) is 12.8 Å². The van der Waals surface area contributed by atoms with Gasteiger partial charge in [-0.05, 0) is 104 Å². The van der Waals surface area contributed by atoms with Gasteiger partial charge in [0.2, 0.25) is 0 Å². The van der Waals surface area contributed by atoms with Crippen molar-refractivity contribution in [2.75, 3.05) is 0 Å². The van der Waals surface area contributed by atoms with Crippen LogP contribution in [0.4, 0.5) is 0 Å². The second-order valence-corrected chi connectivity index (χ2v) is 13.2. The third kappa shape index (κ3) is 3.04. The van der Waals surface area contributed by atoms with Crippen LogP contribution in [0.25, 0.3) is 71.9 Å². The molecule has 0 saturated heterocycles. The SMILES string of the molecule is CC1(C)C2=C(CCc3c2c2ccccc2n3-c2cccc(-c3ccc4c(c3)-c3cccc5cccc-4c35)c2)c2ccccc21. The largest absolute Gasteiger partial charge is 0.313 e. The molecule has 0 aliphatic heterocycles. The van der Waals surface area contributed by atoms with Crippen LogP contribution in [-0.4, -0.2) is 4.57 Å². The maximum Gasteiger partial charge on any atom is 0.0537 e. The summed E-state index contributed by atoms with van der Waals surface area (Å²) in [5, 5.41) is 4.06. The second kappa shape index (κ2) is 8.49. The lowest BCUT2D eigenvalue weighted by molar-refractivity contribution is 0.700.